The highest BCUT2D eigenvalue weighted by Gasteiger charge is 2.23. The molecule has 0 aliphatic rings. The molecule has 2 N–H and O–H groups in total. The molecule has 10 heavy (non-hydrogen) atoms. The average Bonchev–Trinajstić information content (AvgIpc) is 1.87. The molecular weight excluding hydrogens is 157 g/mol. The maximum absolute atomic E-state index is 11.0. The van der Waals surface area contributed by atoms with Crippen molar-refractivity contribution in [3.05, 3.63) is 0 Å². The van der Waals surface area contributed by atoms with Crippen LogP contribution in [0.2, 0.25) is 0 Å². The molecule has 0 unspecified atom stereocenters. The maximum atomic E-state index is 11.0. The summed E-state index contributed by atoms with van der Waals surface area (Å²) >= 11 is 0. The lowest BCUT2D eigenvalue weighted by atomic mass is 10.8. The van der Waals surface area contributed by atoms with Crippen molar-refractivity contribution >= 4 is 13.5 Å². The van der Waals surface area contributed by atoms with Gasteiger partial charge in [0.25, 0.3) is 0 Å². The van der Waals surface area contributed by atoms with Gasteiger partial charge in [0, 0.05) is 14.2 Å². The van der Waals surface area contributed by atoms with Gasteiger partial charge in [-0.25, -0.2) is 0 Å². The predicted molar refractivity (Wildman–Crippen MR) is 35.7 cm³/mol. The SMILES string of the molecule is COP(=O)(CC(N)=O)OC. The van der Waals surface area contributed by atoms with Crippen LogP contribution in [-0.2, 0) is 18.4 Å². The van der Waals surface area contributed by atoms with Gasteiger partial charge in [-0.2, -0.15) is 0 Å². The number of rotatable bonds is 4. The fraction of sp³-hybridized carbons (Fsp3) is 0.750. The molecule has 0 aromatic carbocycles. The van der Waals surface area contributed by atoms with E-state index in [9.17, 15) is 9.36 Å². The zero-order valence-corrected chi connectivity index (χ0v) is 6.76. The zero-order valence-electron chi connectivity index (χ0n) is 5.86. The Bertz CT molecular complexity index is 161. The van der Waals surface area contributed by atoms with Crippen molar-refractivity contribution in [2.45, 2.75) is 0 Å². The maximum Gasteiger partial charge on any atom is 0.339 e. The summed E-state index contributed by atoms with van der Waals surface area (Å²) in [6, 6.07) is 0. The van der Waals surface area contributed by atoms with E-state index in [4.69, 9.17) is 5.73 Å². The summed E-state index contributed by atoms with van der Waals surface area (Å²) < 4.78 is 19.9. The summed E-state index contributed by atoms with van der Waals surface area (Å²) in [7, 11) is -0.809. The molecule has 6 heteroatoms. The first kappa shape index (κ1) is 9.62. The summed E-state index contributed by atoms with van der Waals surface area (Å²) in [5.41, 5.74) is 4.76. The van der Waals surface area contributed by atoms with Crippen molar-refractivity contribution in [3.8, 4) is 0 Å². The summed E-state index contributed by atoms with van der Waals surface area (Å²) in [6.45, 7) is 0. The quantitative estimate of drug-likeness (QED) is 0.595. The van der Waals surface area contributed by atoms with E-state index in [1.807, 2.05) is 0 Å². The van der Waals surface area contributed by atoms with Crippen molar-refractivity contribution in [3.63, 3.8) is 0 Å². The molecule has 0 atom stereocenters. The number of hydrogen-bond acceptors (Lipinski definition) is 4. The molecule has 0 aliphatic heterocycles. The van der Waals surface area contributed by atoms with Gasteiger partial charge in [0.15, 0.2) is 0 Å². The molecule has 0 radical (unpaired) electrons. The van der Waals surface area contributed by atoms with Crippen LogP contribution < -0.4 is 5.73 Å². The topological polar surface area (TPSA) is 78.6 Å². The van der Waals surface area contributed by atoms with Gasteiger partial charge in [-0.3, -0.25) is 9.36 Å². The zero-order chi connectivity index (χ0) is 8.20. The Morgan fingerprint density at radius 3 is 2.00 bits per heavy atom. The molecule has 60 valence electrons. The lowest BCUT2D eigenvalue weighted by Gasteiger charge is -2.10. The number of amides is 1. The average molecular weight is 167 g/mol. The van der Waals surface area contributed by atoms with Crippen molar-refractivity contribution < 1.29 is 18.4 Å². The van der Waals surface area contributed by atoms with Gasteiger partial charge >= 0.3 is 7.60 Å². The fourth-order valence-corrected chi connectivity index (χ4v) is 1.18. The Morgan fingerprint density at radius 1 is 1.50 bits per heavy atom. The molecule has 0 saturated heterocycles. The van der Waals surface area contributed by atoms with Crippen LogP contribution >= 0.6 is 7.60 Å². The minimum atomic E-state index is -3.21. The number of primary amides is 1. The molecule has 0 saturated carbocycles. The molecule has 0 rings (SSSR count). The molecule has 1 amide bonds. The highest BCUT2D eigenvalue weighted by atomic mass is 31.2. The third-order valence-corrected chi connectivity index (χ3v) is 2.72. The number of carbonyl (C=O) groups is 1. The third-order valence-electron chi connectivity index (χ3n) is 0.906. The fourth-order valence-electron chi connectivity index (χ4n) is 0.394. The standard InChI is InChI=1S/C4H10NO4P/c1-8-10(7,9-2)3-4(5)6/h3H2,1-2H3,(H2,5,6). The molecule has 0 heterocycles. The van der Waals surface area contributed by atoms with E-state index < -0.39 is 13.5 Å². The van der Waals surface area contributed by atoms with Crippen molar-refractivity contribution in [1.82, 2.24) is 0 Å². The third kappa shape index (κ3) is 2.96. The molecular formula is C4H10NO4P. The summed E-state index contributed by atoms with van der Waals surface area (Å²) in [5, 5.41) is 0. The minimum Gasteiger partial charge on any atom is -0.369 e. The van der Waals surface area contributed by atoms with Gasteiger partial charge < -0.3 is 14.8 Å². The first-order valence-electron chi connectivity index (χ1n) is 2.53. The molecule has 0 spiro atoms. The van der Waals surface area contributed by atoms with Crippen LogP contribution in [0.25, 0.3) is 0 Å². The van der Waals surface area contributed by atoms with Gasteiger partial charge in [-0.05, 0) is 0 Å². The van der Waals surface area contributed by atoms with Gasteiger partial charge in [0.2, 0.25) is 5.91 Å². The van der Waals surface area contributed by atoms with Crippen LogP contribution in [0.3, 0.4) is 0 Å². The van der Waals surface area contributed by atoms with E-state index in [0.29, 0.717) is 0 Å². The van der Waals surface area contributed by atoms with Crippen molar-refractivity contribution in [2.75, 3.05) is 20.4 Å². The van der Waals surface area contributed by atoms with Crippen LogP contribution in [0.4, 0.5) is 0 Å². The first-order chi connectivity index (χ1) is 4.54. The second-order valence-electron chi connectivity index (χ2n) is 1.60. The number of hydrogen-bond donors (Lipinski definition) is 1. The van der Waals surface area contributed by atoms with E-state index in [1.54, 1.807) is 0 Å². The summed E-state index contributed by atoms with van der Waals surface area (Å²) in [5.74, 6) is -0.702. The monoisotopic (exact) mass is 167 g/mol. The molecule has 0 bridgehead atoms. The summed E-state index contributed by atoms with van der Waals surface area (Å²) in [6.07, 6.45) is -0.375. The largest absolute Gasteiger partial charge is 0.369 e. The smallest absolute Gasteiger partial charge is 0.339 e. The first-order valence-corrected chi connectivity index (χ1v) is 4.25. The van der Waals surface area contributed by atoms with E-state index in [1.165, 1.54) is 14.2 Å². The van der Waals surface area contributed by atoms with E-state index in [2.05, 4.69) is 9.05 Å². The predicted octanol–water partition coefficient (Wildman–Crippen LogP) is -0.0424. The van der Waals surface area contributed by atoms with E-state index in [0.717, 1.165) is 0 Å². The second-order valence-corrected chi connectivity index (χ2v) is 3.87. The van der Waals surface area contributed by atoms with E-state index >= 15 is 0 Å². The minimum absolute atomic E-state index is 0.375. The molecule has 5 nitrogen and oxygen atoms in total. The van der Waals surface area contributed by atoms with E-state index in [-0.39, 0.29) is 6.16 Å². The second kappa shape index (κ2) is 3.71. The Morgan fingerprint density at radius 2 is 1.90 bits per heavy atom. The molecule has 0 aromatic rings. The van der Waals surface area contributed by atoms with Crippen molar-refractivity contribution in [1.29, 1.82) is 0 Å². The Labute approximate surface area is 59.0 Å². The number of nitrogens with two attached hydrogens (primary N) is 1. The van der Waals surface area contributed by atoms with Crippen LogP contribution in [0, 0.1) is 0 Å². The van der Waals surface area contributed by atoms with Crippen LogP contribution in [0.1, 0.15) is 0 Å². The Balaban J connectivity index is 4.07. The van der Waals surface area contributed by atoms with Crippen LogP contribution in [0.5, 0.6) is 0 Å². The Hall–Kier alpha value is -0.380. The lowest BCUT2D eigenvalue weighted by molar-refractivity contribution is -0.115. The highest BCUT2D eigenvalue weighted by Crippen LogP contribution is 2.45. The van der Waals surface area contributed by atoms with Crippen molar-refractivity contribution in [2.24, 2.45) is 5.73 Å². The van der Waals surface area contributed by atoms with Gasteiger partial charge in [0.05, 0.1) is 0 Å². The lowest BCUT2D eigenvalue weighted by Crippen LogP contribution is -2.16. The highest BCUT2D eigenvalue weighted by molar-refractivity contribution is 7.54. The Kier molecular flexibility index (Phi) is 3.57. The summed E-state index contributed by atoms with van der Waals surface area (Å²) in [4.78, 5) is 10.2. The van der Waals surface area contributed by atoms with Crippen LogP contribution in [0.15, 0.2) is 0 Å². The van der Waals surface area contributed by atoms with Gasteiger partial charge in [-0.15, -0.1) is 0 Å². The van der Waals surface area contributed by atoms with Gasteiger partial charge in [0.1, 0.15) is 6.16 Å². The molecule has 0 aromatic heterocycles. The van der Waals surface area contributed by atoms with Crippen LogP contribution in [-0.4, -0.2) is 26.3 Å². The molecule has 0 fully saturated rings. The van der Waals surface area contributed by atoms with Gasteiger partial charge in [-0.1, -0.05) is 0 Å². The molecule has 0 aliphatic carbocycles. The normalized spacial score (nSPS) is 11.4. The number of carbonyl (C=O) groups excluding carboxylic acids is 1.